The lowest BCUT2D eigenvalue weighted by Crippen LogP contribution is -2.21. The third kappa shape index (κ3) is 2.94. The van der Waals surface area contributed by atoms with Crippen LogP contribution in [-0.2, 0) is 13.6 Å². The second-order valence-corrected chi connectivity index (χ2v) is 4.21. The molecule has 17 heavy (non-hydrogen) atoms. The number of imidazole rings is 1. The molecule has 0 aliphatic rings. The smallest absolute Gasteiger partial charge is 0.122 e. The lowest BCUT2D eigenvalue weighted by molar-refractivity contribution is 0.502. The fourth-order valence-electron chi connectivity index (χ4n) is 1.96. The molecule has 0 spiro atoms. The van der Waals surface area contributed by atoms with E-state index in [1.165, 1.54) is 5.56 Å². The standard InChI is InChI=1S/C14H19N3/c1-3-13(12-7-5-4-6-8-12)16-11-14-15-9-10-17(14)2/h4-10,13,16H,3,11H2,1-2H3. The number of aromatic nitrogens is 2. The van der Waals surface area contributed by atoms with Crippen molar-refractivity contribution in [1.29, 1.82) is 0 Å². The summed E-state index contributed by atoms with van der Waals surface area (Å²) in [7, 11) is 2.02. The van der Waals surface area contributed by atoms with Crippen LogP contribution in [-0.4, -0.2) is 9.55 Å². The van der Waals surface area contributed by atoms with Gasteiger partial charge < -0.3 is 9.88 Å². The Kier molecular flexibility index (Phi) is 3.94. The highest BCUT2D eigenvalue weighted by atomic mass is 15.1. The van der Waals surface area contributed by atoms with Crippen LogP contribution >= 0.6 is 0 Å². The number of nitrogens with zero attached hydrogens (tertiary/aromatic N) is 2. The first-order valence-corrected chi connectivity index (χ1v) is 6.05. The van der Waals surface area contributed by atoms with Gasteiger partial charge in [0.05, 0.1) is 6.54 Å². The normalized spacial score (nSPS) is 12.6. The molecule has 0 fully saturated rings. The lowest BCUT2D eigenvalue weighted by Gasteiger charge is -2.17. The third-order valence-corrected chi connectivity index (χ3v) is 3.04. The van der Waals surface area contributed by atoms with Crippen molar-refractivity contribution in [2.75, 3.05) is 0 Å². The van der Waals surface area contributed by atoms with E-state index in [9.17, 15) is 0 Å². The van der Waals surface area contributed by atoms with E-state index in [0.717, 1.165) is 18.8 Å². The van der Waals surface area contributed by atoms with Crippen molar-refractivity contribution in [2.24, 2.45) is 7.05 Å². The van der Waals surface area contributed by atoms with Crippen LogP contribution in [0.1, 0.15) is 30.8 Å². The first-order chi connectivity index (χ1) is 8.31. The molecule has 0 aliphatic heterocycles. The van der Waals surface area contributed by atoms with E-state index < -0.39 is 0 Å². The molecule has 90 valence electrons. The van der Waals surface area contributed by atoms with Crippen LogP contribution in [0.15, 0.2) is 42.7 Å². The molecule has 1 atom stereocenters. The maximum atomic E-state index is 4.32. The topological polar surface area (TPSA) is 29.9 Å². The molecule has 0 amide bonds. The van der Waals surface area contributed by atoms with Crippen LogP contribution in [0.25, 0.3) is 0 Å². The van der Waals surface area contributed by atoms with Crippen LogP contribution < -0.4 is 5.32 Å². The molecule has 2 aromatic rings. The fourth-order valence-corrected chi connectivity index (χ4v) is 1.96. The Balaban J connectivity index is 1.99. The van der Waals surface area contributed by atoms with Crippen molar-refractivity contribution in [1.82, 2.24) is 14.9 Å². The van der Waals surface area contributed by atoms with E-state index in [2.05, 4.69) is 47.6 Å². The van der Waals surface area contributed by atoms with Crippen LogP contribution in [0.3, 0.4) is 0 Å². The van der Waals surface area contributed by atoms with Gasteiger partial charge in [0.1, 0.15) is 5.82 Å². The van der Waals surface area contributed by atoms with Gasteiger partial charge in [-0.05, 0) is 12.0 Å². The van der Waals surface area contributed by atoms with E-state index in [0.29, 0.717) is 6.04 Å². The summed E-state index contributed by atoms with van der Waals surface area (Å²) in [6, 6.07) is 10.9. The third-order valence-electron chi connectivity index (χ3n) is 3.04. The van der Waals surface area contributed by atoms with Crippen LogP contribution in [0.5, 0.6) is 0 Å². The molecule has 0 aliphatic carbocycles. The van der Waals surface area contributed by atoms with E-state index in [1.54, 1.807) is 0 Å². The van der Waals surface area contributed by atoms with E-state index >= 15 is 0 Å². The van der Waals surface area contributed by atoms with Gasteiger partial charge in [0.25, 0.3) is 0 Å². The van der Waals surface area contributed by atoms with E-state index in [-0.39, 0.29) is 0 Å². The molecule has 3 heteroatoms. The number of hydrogen-bond donors (Lipinski definition) is 1. The summed E-state index contributed by atoms with van der Waals surface area (Å²) in [6.45, 7) is 3.00. The Bertz CT molecular complexity index is 448. The number of nitrogens with one attached hydrogen (secondary N) is 1. The first kappa shape index (κ1) is 11.9. The minimum absolute atomic E-state index is 0.396. The van der Waals surface area contributed by atoms with Gasteiger partial charge in [0, 0.05) is 25.5 Å². The first-order valence-electron chi connectivity index (χ1n) is 6.05. The van der Waals surface area contributed by atoms with Gasteiger partial charge >= 0.3 is 0 Å². The molecular weight excluding hydrogens is 210 g/mol. The minimum Gasteiger partial charge on any atom is -0.337 e. The Morgan fingerprint density at radius 1 is 1.29 bits per heavy atom. The van der Waals surface area contributed by atoms with Crippen LogP contribution in [0, 0.1) is 0 Å². The molecule has 2 rings (SSSR count). The Morgan fingerprint density at radius 3 is 2.65 bits per heavy atom. The number of benzene rings is 1. The van der Waals surface area contributed by atoms with Crippen LogP contribution in [0.2, 0.25) is 0 Å². The quantitative estimate of drug-likeness (QED) is 0.854. The summed E-state index contributed by atoms with van der Waals surface area (Å²) >= 11 is 0. The molecular formula is C14H19N3. The number of rotatable bonds is 5. The summed E-state index contributed by atoms with van der Waals surface area (Å²) in [4.78, 5) is 4.32. The number of aryl methyl sites for hydroxylation is 1. The van der Waals surface area contributed by atoms with Gasteiger partial charge in [0.2, 0.25) is 0 Å². The van der Waals surface area contributed by atoms with Gasteiger partial charge in [-0.2, -0.15) is 0 Å². The van der Waals surface area contributed by atoms with Gasteiger partial charge in [0.15, 0.2) is 0 Å². The summed E-state index contributed by atoms with van der Waals surface area (Å²) in [5.41, 5.74) is 1.34. The monoisotopic (exact) mass is 229 g/mol. The second-order valence-electron chi connectivity index (χ2n) is 4.21. The zero-order valence-electron chi connectivity index (χ0n) is 10.4. The van der Waals surface area contributed by atoms with E-state index in [1.807, 2.05) is 24.0 Å². The fraction of sp³-hybridized carbons (Fsp3) is 0.357. The predicted octanol–water partition coefficient (Wildman–Crippen LogP) is 2.66. The van der Waals surface area contributed by atoms with Crippen molar-refractivity contribution >= 4 is 0 Å². The molecule has 1 aromatic heterocycles. The zero-order valence-corrected chi connectivity index (χ0v) is 10.4. The van der Waals surface area contributed by atoms with Gasteiger partial charge in [-0.1, -0.05) is 37.3 Å². The van der Waals surface area contributed by atoms with Crippen molar-refractivity contribution in [2.45, 2.75) is 25.9 Å². The molecule has 0 radical (unpaired) electrons. The molecule has 0 saturated carbocycles. The highest BCUT2D eigenvalue weighted by molar-refractivity contribution is 5.18. The zero-order chi connectivity index (χ0) is 12.1. The van der Waals surface area contributed by atoms with E-state index in [4.69, 9.17) is 0 Å². The van der Waals surface area contributed by atoms with Crippen molar-refractivity contribution < 1.29 is 0 Å². The SMILES string of the molecule is CCC(NCc1nccn1C)c1ccccc1. The van der Waals surface area contributed by atoms with Gasteiger partial charge in [-0.3, -0.25) is 0 Å². The molecule has 1 heterocycles. The van der Waals surface area contributed by atoms with Crippen molar-refractivity contribution in [3.05, 3.63) is 54.1 Å². The second kappa shape index (κ2) is 5.64. The molecule has 3 nitrogen and oxygen atoms in total. The maximum absolute atomic E-state index is 4.32. The maximum Gasteiger partial charge on any atom is 0.122 e. The molecule has 0 bridgehead atoms. The van der Waals surface area contributed by atoms with Crippen molar-refractivity contribution in [3.8, 4) is 0 Å². The molecule has 0 saturated heterocycles. The van der Waals surface area contributed by atoms with Crippen LogP contribution in [0.4, 0.5) is 0 Å². The average molecular weight is 229 g/mol. The molecule has 1 aromatic carbocycles. The van der Waals surface area contributed by atoms with Crippen molar-refractivity contribution in [3.63, 3.8) is 0 Å². The molecule has 1 unspecified atom stereocenters. The Morgan fingerprint density at radius 2 is 2.06 bits per heavy atom. The average Bonchev–Trinajstić information content (AvgIpc) is 2.77. The highest BCUT2D eigenvalue weighted by Gasteiger charge is 2.08. The Labute approximate surface area is 103 Å². The summed E-state index contributed by atoms with van der Waals surface area (Å²) in [5, 5.41) is 3.55. The number of hydrogen-bond acceptors (Lipinski definition) is 2. The largest absolute Gasteiger partial charge is 0.337 e. The lowest BCUT2D eigenvalue weighted by atomic mass is 10.0. The van der Waals surface area contributed by atoms with Gasteiger partial charge in [-0.25, -0.2) is 4.98 Å². The van der Waals surface area contributed by atoms with Gasteiger partial charge in [-0.15, -0.1) is 0 Å². The Hall–Kier alpha value is -1.61. The predicted molar refractivity (Wildman–Crippen MR) is 69.5 cm³/mol. The summed E-state index contributed by atoms with van der Waals surface area (Å²) in [5.74, 6) is 1.07. The minimum atomic E-state index is 0.396. The molecule has 1 N–H and O–H groups in total. The summed E-state index contributed by atoms with van der Waals surface area (Å²) < 4.78 is 2.05. The summed E-state index contributed by atoms with van der Waals surface area (Å²) in [6.07, 6.45) is 4.88. The highest BCUT2D eigenvalue weighted by Crippen LogP contribution is 2.16.